The van der Waals surface area contributed by atoms with Crippen molar-refractivity contribution in [2.24, 2.45) is 0 Å². The molecule has 0 aliphatic carbocycles. The maximum atomic E-state index is 15.1. The number of benzene rings is 2. The molecule has 9 heteroatoms. The Morgan fingerprint density at radius 1 is 1.21 bits per heavy atom. The molecule has 3 aromatic rings. The Bertz CT molecular complexity index is 1480. The highest BCUT2D eigenvalue weighted by Crippen LogP contribution is 2.48. The van der Waals surface area contributed by atoms with Gasteiger partial charge in [0, 0.05) is 23.2 Å². The van der Waals surface area contributed by atoms with Crippen LogP contribution in [-0.2, 0) is 5.41 Å². The summed E-state index contributed by atoms with van der Waals surface area (Å²) in [6.07, 6.45) is 2.74. The molecule has 0 saturated heterocycles. The van der Waals surface area contributed by atoms with E-state index in [0.29, 0.717) is 28.9 Å². The third-order valence-corrected chi connectivity index (χ3v) is 11.7. The second kappa shape index (κ2) is 9.83. The fourth-order valence-electron chi connectivity index (χ4n) is 4.61. The van der Waals surface area contributed by atoms with E-state index in [1.54, 1.807) is 18.2 Å². The molecule has 1 aliphatic heterocycles. The van der Waals surface area contributed by atoms with Crippen LogP contribution in [0.5, 0.6) is 0 Å². The molecule has 0 saturated carbocycles. The third kappa shape index (κ3) is 5.13. The largest absolute Gasteiger partial charge is 0.432 e. The first kappa shape index (κ1) is 27.2. The average molecular weight is 529 g/mol. The SMILES string of the molecule is Cc1ccc(C#N)cc1Nc1ncc(F)c(-c2cc(C#N)c3c(c2)[C@@](C)(CCC(C)(C)[Si](C)(C)O)CN3)n1. The highest BCUT2D eigenvalue weighted by molar-refractivity contribution is 6.72. The second-order valence-electron chi connectivity index (χ2n) is 11.6. The fraction of sp³-hybridized carbons (Fsp3) is 0.379. The minimum Gasteiger partial charge on any atom is -0.432 e. The van der Waals surface area contributed by atoms with Crippen LogP contribution in [0.1, 0.15) is 55.9 Å². The smallest absolute Gasteiger partial charge is 0.227 e. The molecule has 1 aliphatic rings. The molecule has 0 spiro atoms. The van der Waals surface area contributed by atoms with E-state index < -0.39 is 14.1 Å². The van der Waals surface area contributed by atoms with Gasteiger partial charge in [0.1, 0.15) is 11.8 Å². The molecule has 4 rings (SSSR count). The summed E-state index contributed by atoms with van der Waals surface area (Å²) in [7, 11) is -2.38. The predicted octanol–water partition coefficient (Wildman–Crippen LogP) is 6.52. The third-order valence-electron chi connectivity index (χ3n) is 8.15. The van der Waals surface area contributed by atoms with Gasteiger partial charge in [0.05, 0.1) is 29.1 Å². The maximum absolute atomic E-state index is 15.1. The van der Waals surface area contributed by atoms with Crippen molar-refractivity contribution >= 4 is 25.6 Å². The Balaban J connectivity index is 1.73. The van der Waals surface area contributed by atoms with Crippen molar-refractivity contribution in [1.82, 2.24) is 9.97 Å². The Labute approximate surface area is 224 Å². The molecule has 196 valence electrons. The Morgan fingerprint density at radius 3 is 2.61 bits per heavy atom. The van der Waals surface area contributed by atoms with Crippen molar-refractivity contribution in [2.75, 3.05) is 17.2 Å². The van der Waals surface area contributed by atoms with Gasteiger partial charge in [-0.3, -0.25) is 0 Å². The lowest BCUT2D eigenvalue weighted by Gasteiger charge is -2.38. The van der Waals surface area contributed by atoms with Crippen LogP contribution in [0.3, 0.4) is 0 Å². The number of nitriles is 2. The van der Waals surface area contributed by atoms with Gasteiger partial charge in [-0.15, -0.1) is 0 Å². The molecule has 1 aromatic heterocycles. The van der Waals surface area contributed by atoms with Gasteiger partial charge in [-0.1, -0.05) is 26.8 Å². The summed E-state index contributed by atoms with van der Waals surface area (Å²) >= 11 is 0. The molecule has 1 atom stereocenters. The molecular formula is C29H33FN6OSi. The van der Waals surface area contributed by atoms with Crippen LogP contribution in [-0.4, -0.2) is 29.6 Å². The Hall–Kier alpha value is -3.79. The minimum absolute atomic E-state index is 0.0920. The maximum Gasteiger partial charge on any atom is 0.227 e. The molecule has 2 aromatic carbocycles. The molecule has 0 fully saturated rings. The van der Waals surface area contributed by atoms with Crippen molar-refractivity contribution in [1.29, 1.82) is 10.5 Å². The number of anilines is 3. The summed E-state index contributed by atoms with van der Waals surface area (Å²) in [5.41, 5.74) is 4.48. The first-order chi connectivity index (χ1) is 17.8. The van der Waals surface area contributed by atoms with Gasteiger partial charge in [0.2, 0.25) is 5.95 Å². The number of fused-ring (bicyclic) bond motifs is 1. The topological polar surface area (TPSA) is 118 Å². The van der Waals surface area contributed by atoms with Crippen molar-refractivity contribution in [3.8, 4) is 23.4 Å². The number of aromatic nitrogens is 2. The van der Waals surface area contributed by atoms with E-state index >= 15 is 4.39 Å². The summed E-state index contributed by atoms with van der Waals surface area (Å²) in [5, 5.41) is 25.5. The van der Waals surface area contributed by atoms with Gasteiger partial charge in [0.25, 0.3) is 0 Å². The zero-order chi connectivity index (χ0) is 27.9. The van der Waals surface area contributed by atoms with Crippen LogP contribution in [0, 0.1) is 35.4 Å². The lowest BCUT2D eigenvalue weighted by atomic mass is 9.77. The summed E-state index contributed by atoms with van der Waals surface area (Å²) in [5.74, 6) is -0.403. The zero-order valence-corrected chi connectivity index (χ0v) is 23.7. The van der Waals surface area contributed by atoms with Crippen molar-refractivity contribution in [3.05, 3.63) is 64.6 Å². The summed E-state index contributed by atoms with van der Waals surface area (Å²) < 4.78 is 15.1. The highest BCUT2D eigenvalue weighted by atomic mass is 28.4. The molecule has 3 N–H and O–H groups in total. The second-order valence-corrected chi connectivity index (χ2v) is 16.0. The monoisotopic (exact) mass is 528 g/mol. The van der Waals surface area contributed by atoms with E-state index in [4.69, 9.17) is 0 Å². The van der Waals surface area contributed by atoms with Crippen molar-refractivity contribution in [3.63, 3.8) is 0 Å². The van der Waals surface area contributed by atoms with E-state index in [2.05, 4.69) is 53.5 Å². The lowest BCUT2D eigenvalue weighted by Crippen LogP contribution is -2.40. The van der Waals surface area contributed by atoms with Crippen molar-refractivity contribution < 1.29 is 9.19 Å². The van der Waals surface area contributed by atoms with Crippen molar-refractivity contribution in [2.45, 2.75) is 64.1 Å². The molecule has 38 heavy (non-hydrogen) atoms. The van der Waals surface area contributed by atoms with Gasteiger partial charge >= 0.3 is 0 Å². The number of rotatable bonds is 7. The normalized spacial score (nSPS) is 16.8. The standard InChI is InChI=1S/C29H33FN6OSi/c1-18-7-8-19(14-31)11-24(18)35-27-33-16-23(30)26(36-27)20-12-21(15-32)25-22(13-20)29(4,17-34-25)10-9-28(2,3)38(5,6)37/h7-8,11-13,16,34,37H,9-10,17H2,1-6H3,(H,33,35,36)/t29-/m0/s1. The molecular weight excluding hydrogens is 495 g/mol. The molecule has 0 radical (unpaired) electrons. The molecule has 0 unspecified atom stereocenters. The van der Waals surface area contributed by atoms with E-state index in [1.165, 1.54) is 0 Å². The number of hydrogen-bond donors (Lipinski definition) is 3. The van der Waals surface area contributed by atoms with Crippen LogP contribution in [0.25, 0.3) is 11.3 Å². The van der Waals surface area contributed by atoms with Gasteiger partial charge in [-0.25, -0.2) is 14.4 Å². The number of nitrogens with zero attached hydrogens (tertiary/aromatic N) is 4. The number of aryl methyl sites for hydroxylation is 1. The molecule has 2 heterocycles. The quantitative estimate of drug-likeness (QED) is 0.299. The molecule has 0 amide bonds. The molecule has 7 nitrogen and oxygen atoms in total. The van der Waals surface area contributed by atoms with Crippen LogP contribution >= 0.6 is 0 Å². The van der Waals surface area contributed by atoms with Crippen LogP contribution in [0.15, 0.2) is 36.5 Å². The predicted molar refractivity (Wildman–Crippen MR) is 150 cm³/mol. The minimum atomic E-state index is -2.38. The highest BCUT2D eigenvalue weighted by Gasteiger charge is 2.42. The van der Waals surface area contributed by atoms with Gasteiger partial charge < -0.3 is 15.4 Å². The Kier molecular flexibility index (Phi) is 7.05. The van der Waals surface area contributed by atoms with E-state index in [1.807, 2.05) is 32.2 Å². The van der Waals surface area contributed by atoms with Crippen LogP contribution in [0.2, 0.25) is 18.1 Å². The van der Waals surface area contributed by atoms with Crippen LogP contribution in [0.4, 0.5) is 21.7 Å². The number of nitrogens with one attached hydrogen (secondary N) is 2. The van der Waals surface area contributed by atoms with Gasteiger partial charge in [-0.05, 0) is 73.3 Å². The summed E-state index contributed by atoms with van der Waals surface area (Å²) in [6, 6.07) is 13.2. The first-order valence-electron chi connectivity index (χ1n) is 12.6. The fourth-order valence-corrected chi connectivity index (χ4v) is 5.34. The zero-order valence-electron chi connectivity index (χ0n) is 22.7. The number of halogens is 1. The lowest BCUT2D eigenvalue weighted by molar-refractivity contribution is 0.384. The Morgan fingerprint density at radius 2 is 1.95 bits per heavy atom. The average Bonchev–Trinajstić information content (AvgIpc) is 3.21. The first-order valence-corrected chi connectivity index (χ1v) is 15.6. The summed E-state index contributed by atoms with van der Waals surface area (Å²) in [6.45, 7) is 12.8. The van der Waals surface area contributed by atoms with Gasteiger partial charge in [0.15, 0.2) is 14.1 Å². The van der Waals surface area contributed by atoms with E-state index in [-0.39, 0.29) is 22.1 Å². The van der Waals surface area contributed by atoms with E-state index in [9.17, 15) is 15.3 Å². The van der Waals surface area contributed by atoms with E-state index in [0.717, 1.165) is 35.9 Å². The molecule has 0 bridgehead atoms. The van der Waals surface area contributed by atoms with Crippen LogP contribution < -0.4 is 10.6 Å². The number of hydrogen-bond acceptors (Lipinski definition) is 7. The summed E-state index contributed by atoms with van der Waals surface area (Å²) in [4.78, 5) is 19.3. The van der Waals surface area contributed by atoms with Gasteiger partial charge in [-0.2, -0.15) is 10.5 Å².